The van der Waals surface area contributed by atoms with Crippen molar-refractivity contribution in [1.29, 1.82) is 0 Å². The van der Waals surface area contributed by atoms with E-state index in [9.17, 15) is 4.79 Å². The van der Waals surface area contributed by atoms with Gasteiger partial charge in [-0.25, -0.2) is 4.98 Å². The average Bonchev–Trinajstić information content (AvgIpc) is 2.86. The third kappa shape index (κ3) is 4.46. The summed E-state index contributed by atoms with van der Waals surface area (Å²) in [5.74, 6) is 1.87. The van der Waals surface area contributed by atoms with Gasteiger partial charge in [-0.2, -0.15) is 5.10 Å². The Labute approximate surface area is 128 Å². The molecule has 112 valence electrons. The van der Waals surface area contributed by atoms with Crippen LogP contribution in [0.1, 0.15) is 18.1 Å². The van der Waals surface area contributed by atoms with Crippen LogP contribution in [-0.2, 0) is 11.3 Å². The van der Waals surface area contributed by atoms with E-state index >= 15 is 0 Å². The van der Waals surface area contributed by atoms with Gasteiger partial charge in [0.25, 0.3) is 0 Å². The molecule has 6 nitrogen and oxygen atoms in total. The Kier molecular flexibility index (Phi) is 5.16. The van der Waals surface area contributed by atoms with Crippen LogP contribution >= 0.6 is 11.6 Å². The standard InChI is InChI=1S/C14H17ClN4O2/c1-10-16-13(18-17-10)9-19(2)14(20)7-8-21-12-6-4-3-5-11(12)15/h3-6H,7-9H2,1-2H3,(H,16,17,18). The van der Waals surface area contributed by atoms with Crippen LogP contribution in [0.25, 0.3) is 0 Å². The van der Waals surface area contributed by atoms with E-state index in [0.29, 0.717) is 23.1 Å². The molecule has 2 aromatic rings. The van der Waals surface area contributed by atoms with Crippen molar-refractivity contribution in [3.8, 4) is 5.75 Å². The van der Waals surface area contributed by atoms with Gasteiger partial charge in [0, 0.05) is 7.05 Å². The molecule has 0 saturated heterocycles. The first kappa shape index (κ1) is 15.3. The fourth-order valence-corrected chi connectivity index (χ4v) is 1.95. The van der Waals surface area contributed by atoms with Crippen LogP contribution in [0.5, 0.6) is 5.75 Å². The van der Waals surface area contributed by atoms with Gasteiger partial charge in [0.15, 0.2) is 5.82 Å². The summed E-state index contributed by atoms with van der Waals surface area (Å²) in [6, 6.07) is 7.18. The van der Waals surface area contributed by atoms with E-state index in [-0.39, 0.29) is 18.9 Å². The Morgan fingerprint density at radius 2 is 2.19 bits per heavy atom. The number of carbonyl (C=O) groups is 1. The van der Waals surface area contributed by atoms with E-state index in [4.69, 9.17) is 16.3 Å². The summed E-state index contributed by atoms with van der Waals surface area (Å²) < 4.78 is 5.50. The molecule has 0 aliphatic carbocycles. The van der Waals surface area contributed by atoms with Gasteiger partial charge in [-0.05, 0) is 19.1 Å². The molecule has 1 N–H and O–H groups in total. The Morgan fingerprint density at radius 3 is 2.86 bits per heavy atom. The Bertz CT molecular complexity index is 615. The Morgan fingerprint density at radius 1 is 1.43 bits per heavy atom. The van der Waals surface area contributed by atoms with Crippen molar-refractivity contribution >= 4 is 17.5 Å². The summed E-state index contributed by atoms with van der Waals surface area (Å²) in [5.41, 5.74) is 0. The first-order valence-corrected chi connectivity index (χ1v) is 6.93. The van der Waals surface area contributed by atoms with Gasteiger partial charge >= 0.3 is 0 Å². The maximum Gasteiger partial charge on any atom is 0.226 e. The van der Waals surface area contributed by atoms with Gasteiger partial charge in [0.05, 0.1) is 24.6 Å². The average molecular weight is 309 g/mol. The quantitative estimate of drug-likeness (QED) is 0.888. The lowest BCUT2D eigenvalue weighted by Crippen LogP contribution is -2.28. The van der Waals surface area contributed by atoms with Crippen molar-refractivity contribution in [1.82, 2.24) is 20.1 Å². The molecule has 0 bridgehead atoms. The van der Waals surface area contributed by atoms with E-state index in [0.717, 1.165) is 5.82 Å². The Balaban J connectivity index is 1.77. The van der Waals surface area contributed by atoms with Crippen molar-refractivity contribution in [3.63, 3.8) is 0 Å². The second-order valence-corrected chi connectivity index (χ2v) is 5.02. The largest absolute Gasteiger partial charge is 0.491 e. The maximum absolute atomic E-state index is 12.0. The topological polar surface area (TPSA) is 71.1 Å². The van der Waals surface area contributed by atoms with E-state index in [2.05, 4.69) is 15.2 Å². The molecule has 1 amide bonds. The zero-order valence-electron chi connectivity index (χ0n) is 12.0. The highest BCUT2D eigenvalue weighted by atomic mass is 35.5. The SMILES string of the molecule is Cc1nc(CN(C)C(=O)CCOc2ccccc2Cl)n[nH]1. The smallest absolute Gasteiger partial charge is 0.226 e. The number of aromatic nitrogens is 3. The molecule has 0 aliphatic heterocycles. The predicted octanol–water partition coefficient (Wildman–Crippen LogP) is 2.19. The van der Waals surface area contributed by atoms with Gasteiger partial charge in [0.1, 0.15) is 11.6 Å². The fraction of sp³-hybridized carbons (Fsp3) is 0.357. The number of ether oxygens (including phenoxy) is 1. The van der Waals surface area contributed by atoms with Gasteiger partial charge in [0.2, 0.25) is 5.91 Å². The summed E-state index contributed by atoms with van der Waals surface area (Å²) in [7, 11) is 1.71. The van der Waals surface area contributed by atoms with Crippen molar-refractivity contribution in [2.45, 2.75) is 19.9 Å². The summed E-state index contributed by atoms with van der Waals surface area (Å²) >= 11 is 5.97. The van der Waals surface area contributed by atoms with E-state index in [1.807, 2.05) is 19.1 Å². The molecule has 21 heavy (non-hydrogen) atoms. The molecule has 0 spiro atoms. The number of hydrogen-bond acceptors (Lipinski definition) is 4. The monoisotopic (exact) mass is 308 g/mol. The number of carbonyl (C=O) groups excluding carboxylic acids is 1. The molecular weight excluding hydrogens is 292 g/mol. The first-order valence-electron chi connectivity index (χ1n) is 6.55. The second kappa shape index (κ2) is 7.08. The van der Waals surface area contributed by atoms with Crippen LogP contribution in [0.3, 0.4) is 0 Å². The van der Waals surface area contributed by atoms with Crippen molar-refractivity contribution in [3.05, 3.63) is 40.9 Å². The molecule has 1 heterocycles. The summed E-state index contributed by atoms with van der Waals surface area (Å²) in [4.78, 5) is 17.7. The number of benzene rings is 1. The number of H-pyrrole nitrogens is 1. The normalized spacial score (nSPS) is 10.4. The zero-order chi connectivity index (χ0) is 15.2. The molecule has 1 aromatic carbocycles. The number of amides is 1. The summed E-state index contributed by atoms with van der Waals surface area (Å²) in [6.07, 6.45) is 0.269. The van der Waals surface area contributed by atoms with Crippen molar-refractivity contribution < 1.29 is 9.53 Å². The van der Waals surface area contributed by atoms with Crippen LogP contribution in [0.4, 0.5) is 0 Å². The number of rotatable bonds is 6. The summed E-state index contributed by atoms with van der Waals surface area (Å²) in [5, 5.41) is 7.28. The molecule has 0 aliphatic rings. The van der Waals surface area contributed by atoms with Crippen LogP contribution in [0, 0.1) is 6.92 Å². The lowest BCUT2D eigenvalue weighted by molar-refractivity contribution is -0.131. The lowest BCUT2D eigenvalue weighted by Gasteiger charge is -2.15. The van der Waals surface area contributed by atoms with E-state index < -0.39 is 0 Å². The van der Waals surface area contributed by atoms with Gasteiger partial charge in [-0.3, -0.25) is 9.89 Å². The molecule has 1 aromatic heterocycles. The minimum Gasteiger partial charge on any atom is -0.491 e. The number of aromatic amines is 1. The highest BCUT2D eigenvalue weighted by Gasteiger charge is 2.12. The maximum atomic E-state index is 12.0. The molecular formula is C14H17ClN4O2. The third-order valence-corrected chi connectivity index (χ3v) is 3.17. The molecule has 2 rings (SSSR count). The molecule has 0 atom stereocenters. The van der Waals surface area contributed by atoms with Crippen LogP contribution in [0.2, 0.25) is 5.02 Å². The third-order valence-electron chi connectivity index (χ3n) is 2.86. The number of halogens is 1. The number of aryl methyl sites for hydroxylation is 1. The van der Waals surface area contributed by atoms with Gasteiger partial charge in [-0.1, -0.05) is 23.7 Å². The minimum absolute atomic E-state index is 0.0375. The zero-order valence-corrected chi connectivity index (χ0v) is 12.7. The molecule has 0 saturated carbocycles. The highest BCUT2D eigenvalue weighted by Crippen LogP contribution is 2.23. The molecule has 7 heteroatoms. The molecule has 0 radical (unpaired) electrons. The van der Waals surface area contributed by atoms with Crippen LogP contribution in [0.15, 0.2) is 24.3 Å². The summed E-state index contributed by atoms with van der Waals surface area (Å²) in [6.45, 7) is 2.46. The second-order valence-electron chi connectivity index (χ2n) is 4.62. The number of nitrogens with zero attached hydrogens (tertiary/aromatic N) is 3. The van der Waals surface area contributed by atoms with Gasteiger partial charge < -0.3 is 9.64 Å². The minimum atomic E-state index is -0.0375. The van der Waals surface area contributed by atoms with Gasteiger partial charge in [-0.15, -0.1) is 0 Å². The number of nitrogens with one attached hydrogen (secondary N) is 1. The van der Waals surface area contributed by atoms with Crippen molar-refractivity contribution in [2.24, 2.45) is 0 Å². The van der Waals surface area contributed by atoms with Crippen LogP contribution < -0.4 is 4.74 Å². The highest BCUT2D eigenvalue weighted by molar-refractivity contribution is 6.32. The predicted molar refractivity (Wildman–Crippen MR) is 79.2 cm³/mol. The van der Waals surface area contributed by atoms with Crippen LogP contribution in [-0.4, -0.2) is 39.6 Å². The van der Waals surface area contributed by atoms with E-state index in [1.54, 1.807) is 24.1 Å². The lowest BCUT2D eigenvalue weighted by atomic mass is 10.3. The number of hydrogen-bond donors (Lipinski definition) is 1. The molecule has 0 unspecified atom stereocenters. The Hall–Kier alpha value is -2.08. The fourth-order valence-electron chi connectivity index (χ4n) is 1.76. The van der Waals surface area contributed by atoms with Crippen molar-refractivity contribution in [2.75, 3.05) is 13.7 Å². The molecule has 0 fully saturated rings. The number of para-hydroxylation sites is 1. The first-order chi connectivity index (χ1) is 10.1. The van der Waals surface area contributed by atoms with E-state index in [1.165, 1.54) is 0 Å².